The van der Waals surface area contributed by atoms with Gasteiger partial charge in [0.15, 0.2) is 5.16 Å². The Kier molecular flexibility index (Phi) is 4.17. The molecule has 0 aromatic carbocycles. The third kappa shape index (κ3) is 3.62. The van der Waals surface area contributed by atoms with Crippen LogP contribution in [0.3, 0.4) is 0 Å². The van der Waals surface area contributed by atoms with Gasteiger partial charge in [-0.3, -0.25) is 9.59 Å². The van der Waals surface area contributed by atoms with Gasteiger partial charge in [-0.2, -0.15) is 0 Å². The van der Waals surface area contributed by atoms with E-state index in [-0.39, 0.29) is 18.2 Å². The van der Waals surface area contributed by atoms with Crippen LogP contribution in [0.2, 0.25) is 0 Å². The van der Waals surface area contributed by atoms with Crippen molar-refractivity contribution in [3.8, 4) is 0 Å². The number of hydrogen-bond acceptors (Lipinski definition) is 4. The van der Waals surface area contributed by atoms with Crippen molar-refractivity contribution in [2.75, 3.05) is 12.8 Å². The van der Waals surface area contributed by atoms with Crippen molar-refractivity contribution >= 4 is 23.6 Å². The third-order valence-corrected chi connectivity index (χ3v) is 2.58. The maximum atomic E-state index is 11.1. The molecule has 1 aromatic heterocycles. The molecule has 0 radical (unpaired) electrons. The Bertz CT molecular complexity index is 364. The number of carboxylic acid groups (broad SMARTS) is 1. The summed E-state index contributed by atoms with van der Waals surface area (Å²) in [4.78, 5) is 25.4. The molecule has 0 saturated carbocycles. The molecule has 1 heterocycles. The SMILES string of the molecule is CNC(=O)Cn1ccnc1SCC(=O)O. The monoisotopic (exact) mass is 229 g/mol. The summed E-state index contributed by atoms with van der Waals surface area (Å²) in [6, 6.07) is 0. The summed E-state index contributed by atoms with van der Waals surface area (Å²) in [6.07, 6.45) is 3.17. The lowest BCUT2D eigenvalue weighted by Gasteiger charge is -2.04. The predicted octanol–water partition coefficient (Wildman–Crippen LogP) is -0.194. The molecule has 0 spiro atoms. The topological polar surface area (TPSA) is 84.2 Å². The molecule has 7 heteroatoms. The molecule has 0 aliphatic heterocycles. The summed E-state index contributed by atoms with van der Waals surface area (Å²) in [7, 11) is 1.54. The molecule has 0 bridgehead atoms. The highest BCUT2D eigenvalue weighted by Gasteiger charge is 2.08. The number of aliphatic carboxylic acids is 1. The Balaban J connectivity index is 2.60. The summed E-state index contributed by atoms with van der Waals surface area (Å²) in [5, 5.41) is 11.5. The van der Waals surface area contributed by atoms with E-state index < -0.39 is 5.97 Å². The van der Waals surface area contributed by atoms with Crippen LogP contribution in [0.15, 0.2) is 17.6 Å². The number of nitrogens with one attached hydrogen (secondary N) is 1. The van der Waals surface area contributed by atoms with E-state index >= 15 is 0 Å². The largest absolute Gasteiger partial charge is 0.481 e. The first kappa shape index (κ1) is 11.6. The number of carboxylic acids is 1. The Morgan fingerprint density at radius 3 is 3.00 bits per heavy atom. The van der Waals surface area contributed by atoms with Crippen molar-refractivity contribution in [1.29, 1.82) is 0 Å². The molecule has 0 aliphatic carbocycles. The average molecular weight is 229 g/mol. The van der Waals surface area contributed by atoms with Gasteiger partial charge in [-0.25, -0.2) is 4.98 Å². The molecule has 1 amide bonds. The van der Waals surface area contributed by atoms with Crippen LogP contribution >= 0.6 is 11.8 Å². The minimum absolute atomic E-state index is 0.0647. The second kappa shape index (κ2) is 5.40. The number of hydrogen-bond donors (Lipinski definition) is 2. The fraction of sp³-hybridized carbons (Fsp3) is 0.375. The van der Waals surface area contributed by atoms with Gasteiger partial charge in [-0.15, -0.1) is 0 Å². The summed E-state index contributed by atoms with van der Waals surface area (Å²) in [5.41, 5.74) is 0. The van der Waals surface area contributed by atoms with Gasteiger partial charge < -0.3 is 15.0 Å². The highest BCUT2D eigenvalue weighted by atomic mass is 32.2. The van der Waals surface area contributed by atoms with Gasteiger partial charge in [-0.1, -0.05) is 11.8 Å². The normalized spacial score (nSPS) is 9.93. The van der Waals surface area contributed by atoms with Gasteiger partial charge >= 0.3 is 5.97 Å². The summed E-state index contributed by atoms with van der Waals surface area (Å²) >= 11 is 1.09. The smallest absolute Gasteiger partial charge is 0.313 e. The first-order valence-electron chi connectivity index (χ1n) is 4.19. The first-order chi connectivity index (χ1) is 7.13. The van der Waals surface area contributed by atoms with Crippen molar-refractivity contribution in [1.82, 2.24) is 14.9 Å². The summed E-state index contributed by atoms with van der Waals surface area (Å²) in [5.74, 6) is -1.12. The fourth-order valence-corrected chi connectivity index (χ4v) is 1.60. The zero-order valence-corrected chi connectivity index (χ0v) is 8.95. The van der Waals surface area contributed by atoms with Crippen LogP contribution in [0.25, 0.3) is 0 Å². The predicted molar refractivity (Wildman–Crippen MR) is 54.7 cm³/mol. The minimum atomic E-state index is -0.908. The maximum Gasteiger partial charge on any atom is 0.313 e. The number of carbonyl (C=O) groups excluding carboxylic acids is 1. The van der Waals surface area contributed by atoms with E-state index in [2.05, 4.69) is 10.3 Å². The molecule has 0 atom stereocenters. The van der Waals surface area contributed by atoms with E-state index in [9.17, 15) is 9.59 Å². The van der Waals surface area contributed by atoms with E-state index in [1.807, 2.05) is 0 Å². The van der Waals surface area contributed by atoms with Crippen LogP contribution in [0, 0.1) is 0 Å². The van der Waals surface area contributed by atoms with Gasteiger partial charge in [0.25, 0.3) is 0 Å². The Morgan fingerprint density at radius 1 is 1.67 bits per heavy atom. The molecule has 0 aliphatic rings. The number of nitrogens with zero attached hydrogens (tertiary/aromatic N) is 2. The molecule has 0 unspecified atom stereocenters. The number of aromatic nitrogens is 2. The molecule has 0 fully saturated rings. The lowest BCUT2D eigenvalue weighted by Crippen LogP contribution is -2.23. The van der Waals surface area contributed by atoms with Crippen LogP contribution in [-0.4, -0.2) is 39.3 Å². The van der Waals surface area contributed by atoms with Gasteiger partial charge in [0, 0.05) is 19.4 Å². The minimum Gasteiger partial charge on any atom is -0.481 e. The highest BCUT2D eigenvalue weighted by Crippen LogP contribution is 2.14. The van der Waals surface area contributed by atoms with Crippen molar-refractivity contribution in [3.63, 3.8) is 0 Å². The molecular weight excluding hydrogens is 218 g/mol. The zero-order valence-electron chi connectivity index (χ0n) is 8.14. The van der Waals surface area contributed by atoms with Gasteiger partial charge in [-0.05, 0) is 0 Å². The fourth-order valence-electron chi connectivity index (χ4n) is 0.916. The van der Waals surface area contributed by atoms with Crippen LogP contribution in [0.1, 0.15) is 0 Å². The second-order valence-corrected chi connectivity index (χ2v) is 3.64. The second-order valence-electron chi connectivity index (χ2n) is 2.69. The Labute approximate surface area is 90.7 Å². The lowest BCUT2D eigenvalue weighted by molar-refractivity contribution is -0.133. The van der Waals surface area contributed by atoms with Gasteiger partial charge in [0.2, 0.25) is 5.91 Å². The quantitative estimate of drug-likeness (QED) is 0.683. The number of rotatable bonds is 5. The van der Waals surface area contributed by atoms with Crippen molar-refractivity contribution < 1.29 is 14.7 Å². The van der Waals surface area contributed by atoms with E-state index in [1.54, 1.807) is 17.8 Å². The van der Waals surface area contributed by atoms with Crippen LogP contribution in [0.4, 0.5) is 0 Å². The number of amides is 1. The van der Waals surface area contributed by atoms with Crippen LogP contribution in [0.5, 0.6) is 0 Å². The van der Waals surface area contributed by atoms with Crippen LogP contribution in [-0.2, 0) is 16.1 Å². The molecule has 1 aromatic rings. The molecule has 15 heavy (non-hydrogen) atoms. The lowest BCUT2D eigenvalue weighted by atomic mass is 10.6. The van der Waals surface area contributed by atoms with Gasteiger partial charge in [0.1, 0.15) is 6.54 Å². The van der Waals surface area contributed by atoms with Gasteiger partial charge in [0.05, 0.1) is 5.75 Å². The number of thioether (sulfide) groups is 1. The number of likely N-dealkylation sites (N-methyl/N-ethyl adjacent to an activating group) is 1. The van der Waals surface area contributed by atoms with E-state index in [1.165, 1.54) is 6.20 Å². The van der Waals surface area contributed by atoms with E-state index in [0.717, 1.165) is 11.8 Å². The number of imidazole rings is 1. The standard InChI is InChI=1S/C8H11N3O3S/c1-9-6(12)4-11-3-2-10-8(11)15-5-7(13)14/h2-3H,4-5H2,1H3,(H,9,12)(H,13,14). The summed E-state index contributed by atoms with van der Waals surface area (Å²) in [6.45, 7) is 0.151. The molecule has 82 valence electrons. The molecular formula is C8H11N3O3S. The Hall–Kier alpha value is -1.50. The maximum absolute atomic E-state index is 11.1. The third-order valence-electron chi connectivity index (χ3n) is 1.59. The molecule has 1 rings (SSSR count). The summed E-state index contributed by atoms with van der Waals surface area (Å²) < 4.78 is 1.60. The van der Waals surface area contributed by atoms with Crippen molar-refractivity contribution in [3.05, 3.63) is 12.4 Å². The van der Waals surface area contributed by atoms with Crippen molar-refractivity contribution in [2.24, 2.45) is 0 Å². The van der Waals surface area contributed by atoms with Crippen molar-refractivity contribution in [2.45, 2.75) is 11.7 Å². The zero-order chi connectivity index (χ0) is 11.3. The number of carbonyl (C=O) groups is 2. The highest BCUT2D eigenvalue weighted by molar-refractivity contribution is 7.99. The molecule has 6 nitrogen and oxygen atoms in total. The van der Waals surface area contributed by atoms with Crippen LogP contribution < -0.4 is 5.32 Å². The first-order valence-corrected chi connectivity index (χ1v) is 5.18. The molecule has 0 saturated heterocycles. The Morgan fingerprint density at radius 2 is 2.40 bits per heavy atom. The average Bonchev–Trinajstić information content (AvgIpc) is 2.62. The molecule has 2 N–H and O–H groups in total. The van der Waals surface area contributed by atoms with E-state index in [4.69, 9.17) is 5.11 Å². The van der Waals surface area contributed by atoms with E-state index in [0.29, 0.717) is 5.16 Å².